The molecule has 2 amide bonds. The number of carbonyl (C=O) groups is 2. The Labute approximate surface area is 272 Å². The van der Waals surface area contributed by atoms with E-state index in [-0.39, 0.29) is 30.3 Å². The van der Waals surface area contributed by atoms with E-state index in [0.29, 0.717) is 81.1 Å². The van der Waals surface area contributed by atoms with Crippen molar-refractivity contribution in [1.29, 1.82) is 0 Å². The minimum absolute atomic E-state index is 0.172. The third kappa shape index (κ3) is 7.60. The Hall–Kier alpha value is -4.20. The van der Waals surface area contributed by atoms with Crippen LogP contribution < -0.4 is 19.3 Å². The van der Waals surface area contributed by atoms with Crippen LogP contribution in [-0.4, -0.2) is 96.8 Å². The Morgan fingerprint density at radius 2 is 1.52 bits per heavy atom. The molecule has 0 spiro atoms. The van der Waals surface area contributed by atoms with Gasteiger partial charge in [0.1, 0.15) is 18.1 Å². The quantitative estimate of drug-likeness (QED) is 0.279. The summed E-state index contributed by atoms with van der Waals surface area (Å²) >= 11 is 0.928. The average molecular weight is 647 g/mol. The molecule has 4 heterocycles. The lowest BCUT2D eigenvalue weighted by molar-refractivity contribution is -0.123. The van der Waals surface area contributed by atoms with E-state index >= 15 is 0 Å². The number of amides is 2. The van der Waals surface area contributed by atoms with E-state index in [1.54, 1.807) is 18.2 Å². The topological polar surface area (TPSA) is 119 Å². The second-order valence-corrected chi connectivity index (χ2v) is 12.5. The third-order valence-electron chi connectivity index (χ3n) is 7.80. The second kappa shape index (κ2) is 14.5. The van der Waals surface area contributed by atoms with E-state index in [2.05, 4.69) is 45.7 Å². The number of morpholine rings is 2. The van der Waals surface area contributed by atoms with Gasteiger partial charge >= 0.3 is 6.01 Å². The van der Waals surface area contributed by atoms with Gasteiger partial charge in [0.25, 0.3) is 11.1 Å². The van der Waals surface area contributed by atoms with Crippen LogP contribution in [0.15, 0.2) is 47.4 Å². The molecular formula is C33H38N6O6S. The highest BCUT2D eigenvalue weighted by molar-refractivity contribution is 8.18. The monoisotopic (exact) mass is 646 g/mol. The number of imide groups is 1. The summed E-state index contributed by atoms with van der Waals surface area (Å²) in [5, 5.41) is -0.310. The zero-order valence-electron chi connectivity index (χ0n) is 26.3. The smallest absolute Gasteiger partial charge is 0.328 e. The Balaban J connectivity index is 1.11. The Bertz CT molecular complexity index is 1550. The van der Waals surface area contributed by atoms with Crippen molar-refractivity contribution in [1.82, 2.24) is 19.9 Å². The van der Waals surface area contributed by atoms with E-state index in [0.717, 1.165) is 34.2 Å². The van der Waals surface area contributed by atoms with Crippen LogP contribution in [0.1, 0.15) is 36.5 Å². The first-order chi connectivity index (χ1) is 22.3. The predicted octanol–water partition coefficient (Wildman–Crippen LogP) is 4.88. The van der Waals surface area contributed by atoms with Gasteiger partial charge in [-0.1, -0.05) is 38.1 Å². The average Bonchev–Trinajstić information content (AvgIpc) is 3.33. The van der Waals surface area contributed by atoms with Gasteiger partial charge in [0.2, 0.25) is 11.9 Å². The number of carbonyl (C=O) groups excluding carboxylic acids is 2. The summed E-state index contributed by atoms with van der Waals surface area (Å²) in [6.07, 6.45) is 1.71. The zero-order valence-corrected chi connectivity index (χ0v) is 27.1. The fourth-order valence-corrected chi connectivity index (χ4v) is 6.13. The molecule has 13 heteroatoms. The van der Waals surface area contributed by atoms with E-state index in [1.165, 1.54) is 4.90 Å². The van der Waals surface area contributed by atoms with Gasteiger partial charge in [-0.15, -0.1) is 0 Å². The summed E-state index contributed by atoms with van der Waals surface area (Å²) in [6.45, 7) is 11.8. The third-order valence-corrected chi connectivity index (χ3v) is 8.71. The summed E-state index contributed by atoms with van der Waals surface area (Å²) in [4.78, 5) is 45.5. The summed E-state index contributed by atoms with van der Waals surface area (Å²) in [6, 6.07) is 13.5. The maximum atomic E-state index is 13.1. The number of anilines is 2. The molecule has 3 fully saturated rings. The van der Waals surface area contributed by atoms with Gasteiger partial charge in [-0.05, 0) is 65.6 Å². The number of rotatable bonds is 10. The second-order valence-electron chi connectivity index (χ2n) is 11.5. The van der Waals surface area contributed by atoms with E-state index in [1.807, 2.05) is 25.1 Å². The standard InChI is InChI=1S/C33H38N6O6S/c1-22(2)26-9-4-23(3)20-27(26)44-19-14-39-29(40)28(46-33(39)41)21-24-5-7-25(8-6-24)45-32-35-30(37-10-15-42-16-11-37)34-31(36-32)38-12-17-43-18-13-38/h4-9,20-22H,10-19H2,1-3H3/b28-21-. The first-order valence-electron chi connectivity index (χ1n) is 15.5. The number of aromatic nitrogens is 3. The van der Waals surface area contributed by atoms with Crippen molar-refractivity contribution in [2.75, 3.05) is 75.6 Å². The minimum Gasteiger partial charge on any atom is -0.491 e. The van der Waals surface area contributed by atoms with E-state index < -0.39 is 0 Å². The molecule has 0 unspecified atom stereocenters. The van der Waals surface area contributed by atoms with Crippen LogP contribution in [0, 0.1) is 6.92 Å². The number of nitrogens with zero attached hydrogens (tertiary/aromatic N) is 6. The molecule has 0 saturated carbocycles. The first-order valence-corrected chi connectivity index (χ1v) is 16.3. The maximum absolute atomic E-state index is 13.1. The molecule has 0 aliphatic carbocycles. The highest BCUT2D eigenvalue weighted by atomic mass is 32.2. The molecule has 0 atom stereocenters. The molecule has 0 radical (unpaired) electrons. The van der Waals surface area contributed by atoms with Crippen LogP contribution in [0.4, 0.5) is 16.7 Å². The zero-order chi connectivity index (χ0) is 32.0. The van der Waals surface area contributed by atoms with Gasteiger partial charge in [-0.2, -0.15) is 15.0 Å². The highest BCUT2D eigenvalue weighted by Gasteiger charge is 2.35. The van der Waals surface area contributed by atoms with Gasteiger partial charge in [0.05, 0.1) is 37.9 Å². The van der Waals surface area contributed by atoms with Crippen molar-refractivity contribution in [3.8, 4) is 17.5 Å². The number of hydrogen-bond donors (Lipinski definition) is 0. The predicted molar refractivity (Wildman–Crippen MR) is 176 cm³/mol. The van der Waals surface area contributed by atoms with Crippen molar-refractivity contribution < 1.29 is 28.5 Å². The lowest BCUT2D eigenvalue weighted by Gasteiger charge is -2.30. The maximum Gasteiger partial charge on any atom is 0.328 e. The largest absolute Gasteiger partial charge is 0.491 e. The van der Waals surface area contributed by atoms with Crippen LogP contribution in [-0.2, 0) is 14.3 Å². The summed E-state index contributed by atoms with van der Waals surface area (Å²) < 4.78 is 23.1. The summed E-state index contributed by atoms with van der Waals surface area (Å²) in [5.41, 5.74) is 2.94. The van der Waals surface area contributed by atoms with Crippen LogP contribution >= 0.6 is 11.8 Å². The number of thioether (sulfide) groups is 1. The molecule has 3 aromatic rings. The Morgan fingerprint density at radius 3 is 2.13 bits per heavy atom. The van der Waals surface area contributed by atoms with Crippen molar-refractivity contribution in [3.63, 3.8) is 0 Å². The molecule has 3 aliphatic rings. The van der Waals surface area contributed by atoms with Crippen molar-refractivity contribution in [2.24, 2.45) is 0 Å². The van der Waals surface area contributed by atoms with Crippen LogP contribution in [0.25, 0.3) is 6.08 Å². The lowest BCUT2D eigenvalue weighted by atomic mass is 10.0. The fraction of sp³-hybridized carbons (Fsp3) is 0.424. The number of hydrogen-bond acceptors (Lipinski definition) is 12. The molecule has 12 nitrogen and oxygen atoms in total. The van der Waals surface area contributed by atoms with Crippen molar-refractivity contribution in [2.45, 2.75) is 26.7 Å². The molecule has 3 aliphatic heterocycles. The number of aryl methyl sites for hydroxylation is 1. The number of ether oxygens (including phenoxy) is 4. The van der Waals surface area contributed by atoms with Gasteiger partial charge < -0.3 is 28.7 Å². The van der Waals surface area contributed by atoms with Gasteiger partial charge in [-0.3, -0.25) is 14.5 Å². The SMILES string of the molecule is Cc1ccc(C(C)C)c(OCCN2C(=O)S/C(=C\c3ccc(Oc4nc(N5CCOCC5)nc(N5CCOCC5)n4)cc3)C2=O)c1. The van der Waals surface area contributed by atoms with Gasteiger partial charge in [-0.25, -0.2) is 0 Å². The molecule has 2 aromatic carbocycles. The lowest BCUT2D eigenvalue weighted by Crippen LogP contribution is -2.40. The highest BCUT2D eigenvalue weighted by Crippen LogP contribution is 2.33. The van der Waals surface area contributed by atoms with E-state index in [4.69, 9.17) is 23.9 Å². The Morgan fingerprint density at radius 1 is 0.891 bits per heavy atom. The first kappa shape index (κ1) is 31.8. The fourth-order valence-electron chi connectivity index (χ4n) is 5.26. The van der Waals surface area contributed by atoms with Crippen LogP contribution in [0.3, 0.4) is 0 Å². The van der Waals surface area contributed by atoms with Gasteiger partial charge in [0, 0.05) is 26.2 Å². The van der Waals surface area contributed by atoms with Crippen molar-refractivity contribution >= 4 is 40.9 Å². The minimum atomic E-state index is -0.330. The molecule has 6 rings (SSSR count). The molecule has 3 saturated heterocycles. The molecule has 1 aromatic heterocycles. The molecule has 0 bridgehead atoms. The van der Waals surface area contributed by atoms with Crippen LogP contribution in [0.5, 0.6) is 17.5 Å². The summed E-state index contributed by atoms with van der Waals surface area (Å²) in [7, 11) is 0. The summed E-state index contributed by atoms with van der Waals surface area (Å²) in [5.74, 6) is 2.38. The van der Waals surface area contributed by atoms with Crippen molar-refractivity contribution in [3.05, 3.63) is 64.1 Å². The van der Waals surface area contributed by atoms with Gasteiger partial charge in [0.15, 0.2) is 0 Å². The van der Waals surface area contributed by atoms with Crippen LogP contribution in [0.2, 0.25) is 0 Å². The molecular weight excluding hydrogens is 608 g/mol. The molecule has 46 heavy (non-hydrogen) atoms. The Kier molecular flexibility index (Phi) is 10.0. The van der Waals surface area contributed by atoms with E-state index in [9.17, 15) is 9.59 Å². The number of benzene rings is 2. The molecule has 242 valence electrons. The normalized spacial score (nSPS) is 18.2. The molecule has 0 N–H and O–H groups in total.